The highest BCUT2D eigenvalue weighted by Gasteiger charge is 2.46. The highest BCUT2D eigenvalue weighted by molar-refractivity contribution is 7.89. The minimum absolute atomic E-state index is 0.0883. The molecule has 18 heavy (non-hydrogen) atoms. The molecule has 0 saturated heterocycles. The van der Waals surface area contributed by atoms with Crippen LogP contribution in [0.2, 0.25) is 0 Å². The van der Waals surface area contributed by atoms with Crippen LogP contribution in [0.3, 0.4) is 0 Å². The van der Waals surface area contributed by atoms with Gasteiger partial charge in [-0.05, 0) is 25.0 Å². The summed E-state index contributed by atoms with van der Waals surface area (Å²) in [6.07, 6.45) is 0.964. The molecule has 0 spiro atoms. The molecule has 94 valence electrons. The Morgan fingerprint density at radius 2 is 1.89 bits per heavy atom. The molecule has 1 aliphatic carbocycles. The lowest BCUT2D eigenvalue weighted by Gasteiger charge is -2.09. The Bertz CT molecular complexity index is 626. The molecule has 7 nitrogen and oxygen atoms in total. The number of rotatable bonds is 4. The molecule has 1 aliphatic rings. The van der Waals surface area contributed by atoms with E-state index in [1.807, 2.05) is 6.07 Å². The molecule has 0 unspecified atom stereocenters. The zero-order valence-corrected chi connectivity index (χ0v) is 9.98. The summed E-state index contributed by atoms with van der Waals surface area (Å²) < 4.78 is 26.1. The number of nitrogens with one attached hydrogen (secondary N) is 1. The predicted molar refractivity (Wildman–Crippen MR) is 61.0 cm³/mol. The molecule has 1 N–H and O–H groups in total. The number of nitriles is 1. The quantitative estimate of drug-likeness (QED) is 0.644. The van der Waals surface area contributed by atoms with Crippen molar-refractivity contribution in [2.75, 3.05) is 0 Å². The molecule has 1 aromatic rings. The van der Waals surface area contributed by atoms with Gasteiger partial charge in [0.1, 0.15) is 5.54 Å². The first-order valence-corrected chi connectivity index (χ1v) is 6.57. The highest BCUT2D eigenvalue weighted by atomic mass is 32.2. The van der Waals surface area contributed by atoms with Gasteiger partial charge in [0.05, 0.1) is 15.9 Å². The van der Waals surface area contributed by atoms with Gasteiger partial charge in [-0.15, -0.1) is 0 Å². The molecule has 1 fully saturated rings. The fourth-order valence-corrected chi connectivity index (χ4v) is 2.80. The summed E-state index contributed by atoms with van der Waals surface area (Å²) in [7, 11) is -3.81. The van der Waals surface area contributed by atoms with Gasteiger partial charge in [0.2, 0.25) is 10.0 Å². The largest absolute Gasteiger partial charge is 0.269 e. The highest BCUT2D eigenvalue weighted by Crippen LogP contribution is 2.36. The Morgan fingerprint density at radius 1 is 1.33 bits per heavy atom. The predicted octanol–water partition coefficient (Wildman–Crippen LogP) is 0.929. The van der Waals surface area contributed by atoms with E-state index < -0.39 is 20.5 Å². The van der Waals surface area contributed by atoms with Crippen molar-refractivity contribution in [2.24, 2.45) is 0 Å². The molecule has 0 atom stereocenters. The van der Waals surface area contributed by atoms with Gasteiger partial charge >= 0.3 is 0 Å². The smallest absolute Gasteiger partial charge is 0.258 e. The number of hydrogen-bond donors (Lipinski definition) is 1. The van der Waals surface area contributed by atoms with Gasteiger partial charge in [0.25, 0.3) is 5.69 Å². The van der Waals surface area contributed by atoms with Crippen LogP contribution in [-0.4, -0.2) is 18.9 Å². The lowest BCUT2D eigenvalue weighted by molar-refractivity contribution is -0.384. The van der Waals surface area contributed by atoms with Crippen LogP contribution in [0.25, 0.3) is 0 Å². The summed E-state index contributed by atoms with van der Waals surface area (Å²) in [4.78, 5) is 9.75. The first-order valence-electron chi connectivity index (χ1n) is 5.08. The fourth-order valence-electron chi connectivity index (χ4n) is 1.42. The molecule has 1 saturated carbocycles. The van der Waals surface area contributed by atoms with Crippen LogP contribution >= 0.6 is 0 Å². The van der Waals surface area contributed by atoms with Crippen LogP contribution < -0.4 is 4.72 Å². The van der Waals surface area contributed by atoms with E-state index in [0.717, 1.165) is 24.3 Å². The molecular weight excluding hydrogens is 258 g/mol. The van der Waals surface area contributed by atoms with Crippen LogP contribution in [-0.2, 0) is 10.0 Å². The number of hydrogen-bond acceptors (Lipinski definition) is 5. The minimum atomic E-state index is -3.81. The van der Waals surface area contributed by atoms with E-state index in [0.29, 0.717) is 12.8 Å². The fraction of sp³-hybridized carbons (Fsp3) is 0.300. The Morgan fingerprint density at radius 3 is 2.28 bits per heavy atom. The van der Waals surface area contributed by atoms with Crippen molar-refractivity contribution in [3.8, 4) is 6.07 Å². The first kappa shape index (κ1) is 12.5. The molecule has 0 aliphatic heterocycles. The standard InChI is InChI=1S/C10H9N3O4S/c11-7-10(5-6-10)12-18(16,17)9-3-1-8(2-4-9)13(14)15/h1-4,12H,5-6H2. The van der Waals surface area contributed by atoms with Crippen LogP contribution in [0.4, 0.5) is 5.69 Å². The molecule has 0 radical (unpaired) electrons. The van der Waals surface area contributed by atoms with Crippen molar-refractivity contribution in [1.82, 2.24) is 4.72 Å². The van der Waals surface area contributed by atoms with E-state index in [1.165, 1.54) is 0 Å². The van der Waals surface area contributed by atoms with E-state index in [1.54, 1.807) is 0 Å². The van der Waals surface area contributed by atoms with Crippen molar-refractivity contribution in [3.05, 3.63) is 34.4 Å². The van der Waals surface area contributed by atoms with E-state index in [-0.39, 0.29) is 10.6 Å². The first-order chi connectivity index (χ1) is 8.38. The molecule has 1 aromatic carbocycles. The zero-order chi connectivity index (χ0) is 13.4. The number of sulfonamides is 1. The topological polar surface area (TPSA) is 113 Å². The molecule has 8 heteroatoms. The Balaban J connectivity index is 2.26. The summed E-state index contributed by atoms with van der Waals surface area (Å²) in [6.45, 7) is 0. The molecular formula is C10H9N3O4S. The van der Waals surface area contributed by atoms with Gasteiger partial charge in [0, 0.05) is 12.1 Å². The van der Waals surface area contributed by atoms with Crippen molar-refractivity contribution in [1.29, 1.82) is 5.26 Å². The summed E-state index contributed by atoms with van der Waals surface area (Å²) in [6, 6.07) is 6.43. The maximum atomic E-state index is 11.9. The summed E-state index contributed by atoms with van der Waals surface area (Å²) >= 11 is 0. The van der Waals surface area contributed by atoms with Crippen LogP contribution in [0.5, 0.6) is 0 Å². The number of nitro groups is 1. The molecule has 0 aromatic heterocycles. The van der Waals surface area contributed by atoms with Crippen molar-refractivity contribution < 1.29 is 13.3 Å². The molecule has 0 heterocycles. The second-order valence-electron chi connectivity index (χ2n) is 4.05. The summed E-state index contributed by atoms with van der Waals surface area (Å²) in [5.74, 6) is 0. The molecule has 0 bridgehead atoms. The minimum Gasteiger partial charge on any atom is -0.258 e. The Kier molecular flexibility index (Phi) is 2.80. The molecule has 0 amide bonds. The van der Waals surface area contributed by atoms with Crippen LogP contribution in [0.15, 0.2) is 29.2 Å². The van der Waals surface area contributed by atoms with Gasteiger partial charge in [-0.25, -0.2) is 8.42 Å². The Hall–Kier alpha value is -1.98. The number of benzene rings is 1. The van der Waals surface area contributed by atoms with E-state index in [2.05, 4.69) is 4.72 Å². The lowest BCUT2D eigenvalue weighted by atomic mass is 10.3. The van der Waals surface area contributed by atoms with Gasteiger partial charge < -0.3 is 0 Å². The third kappa shape index (κ3) is 2.32. The number of nitrogens with zero attached hydrogens (tertiary/aromatic N) is 2. The van der Waals surface area contributed by atoms with Crippen LogP contribution in [0.1, 0.15) is 12.8 Å². The maximum Gasteiger partial charge on any atom is 0.269 e. The van der Waals surface area contributed by atoms with Gasteiger partial charge in [-0.1, -0.05) is 0 Å². The zero-order valence-electron chi connectivity index (χ0n) is 9.16. The average Bonchev–Trinajstić information content (AvgIpc) is 3.09. The van der Waals surface area contributed by atoms with Crippen LogP contribution in [0, 0.1) is 21.4 Å². The van der Waals surface area contributed by atoms with E-state index >= 15 is 0 Å². The summed E-state index contributed by atoms with van der Waals surface area (Å²) in [5, 5.41) is 19.3. The maximum absolute atomic E-state index is 11.9. The second kappa shape index (κ2) is 4.04. The number of nitro benzene ring substituents is 1. The SMILES string of the molecule is N#CC1(NS(=O)(=O)c2ccc([N+](=O)[O-])cc2)CC1. The van der Waals surface area contributed by atoms with Gasteiger partial charge in [0.15, 0.2) is 0 Å². The normalized spacial score (nSPS) is 16.8. The summed E-state index contributed by atoms with van der Waals surface area (Å²) in [5.41, 5.74) is -1.18. The van der Waals surface area contributed by atoms with Crippen molar-refractivity contribution >= 4 is 15.7 Å². The monoisotopic (exact) mass is 267 g/mol. The third-order valence-corrected chi connectivity index (χ3v) is 4.20. The van der Waals surface area contributed by atoms with Gasteiger partial charge in [-0.3, -0.25) is 10.1 Å². The van der Waals surface area contributed by atoms with E-state index in [4.69, 9.17) is 5.26 Å². The van der Waals surface area contributed by atoms with E-state index in [9.17, 15) is 18.5 Å². The van der Waals surface area contributed by atoms with Gasteiger partial charge in [-0.2, -0.15) is 9.98 Å². The van der Waals surface area contributed by atoms with Crippen molar-refractivity contribution in [3.63, 3.8) is 0 Å². The Labute approximate surface area is 103 Å². The molecule has 2 rings (SSSR count). The second-order valence-corrected chi connectivity index (χ2v) is 5.73. The third-order valence-electron chi connectivity index (χ3n) is 2.65. The lowest BCUT2D eigenvalue weighted by Crippen LogP contribution is -2.35. The van der Waals surface area contributed by atoms with Crippen molar-refractivity contribution in [2.45, 2.75) is 23.3 Å². The number of non-ortho nitro benzene ring substituents is 1. The average molecular weight is 267 g/mol.